The van der Waals surface area contributed by atoms with E-state index in [1.165, 1.54) is 0 Å². The van der Waals surface area contributed by atoms with E-state index >= 15 is 0 Å². The van der Waals surface area contributed by atoms with E-state index in [2.05, 4.69) is 4.98 Å². The van der Waals surface area contributed by atoms with Gasteiger partial charge in [-0.25, -0.2) is 4.98 Å². The van der Waals surface area contributed by atoms with Gasteiger partial charge in [-0.15, -0.1) is 0 Å². The highest BCUT2D eigenvalue weighted by Crippen LogP contribution is 2.10. The summed E-state index contributed by atoms with van der Waals surface area (Å²) in [5.41, 5.74) is 0. The first-order chi connectivity index (χ1) is 6.86. The number of aliphatic hydroxyl groups excluding tert-OH is 1. The zero-order chi connectivity index (χ0) is 10.2. The Bertz CT molecular complexity index is 253. The van der Waals surface area contributed by atoms with Crippen LogP contribution >= 0.6 is 12.0 Å². The number of hydrogen-bond acceptors (Lipinski definition) is 4. The number of aliphatic hydroxyl groups is 1. The van der Waals surface area contributed by atoms with E-state index < -0.39 is 0 Å². The zero-order valence-electron chi connectivity index (χ0n) is 8.09. The zero-order valence-corrected chi connectivity index (χ0v) is 8.91. The second kappa shape index (κ2) is 6.86. The van der Waals surface area contributed by atoms with Crippen LogP contribution in [0.25, 0.3) is 0 Å². The van der Waals surface area contributed by atoms with Crippen molar-refractivity contribution in [2.75, 3.05) is 6.61 Å². The van der Waals surface area contributed by atoms with Gasteiger partial charge in [0.15, 0.2) is 0 Å². The van der Waals surface area contributed by atoms with Crippen LogP contribution in [0.15, 0.2) is 17.6 Å². The maximum atomic E-state index is 8.71. The molecule has 2 N–H and O–H groups in total. The molecule has 1 aromatic rings. The molecule has 0 unspecified atom stereocenters. The van der Waals surface area contributed by atoms with Gasteiger partial charge >= 0.3 is 0 Å². The molecule has 14 heavy (non-hydrogen) atoms. The van der Waals surface area contributed by atoms with E-state index in [0.29, 0.717) is 17.1 Å². The molecular weight excluding hydrogens is 200 g/mol. The van der Waals surface area contributed by atoms with E-state index in [4.69, 9.17) is 9.66 Å². The van der Waals surface area contributed by atoms with Gasteiger partial charge in [0.05, 0.1) is 6.33 Å². The molecule has 0 atom stereocenters. The third kappa shape index (κ3) is 4.13. The number of nitrogens with zero attached hydrogens (tertiary/aromatic N) is 2. The fourth-order valence-corrected chi connectivity index (χ4v) is 1.55. The Hall–Kier alpha value is -0.520. The van der Waals surface area contributed by atoms with Crippen molar-refractivity contribution in [2.24, 2.45) is 0 Å². The normalized spacial score (nSPS) is 10.7. The topological polar surface area (TPSA) is 58.3 Å². The second-order valence-corrected chi connectivity index (χ2v) is 3.78. The van der Waals surface area contributed by atoms with Crippen molar-refractivity contribution in [3.8, 4) is 0 Å². The van der Waals surface area contributed by atoms with E-state index in [-0.39, 0.29) is 6.61 Å². The average Bonchev–Trinajstić information content (AvgIpc) is 2.65. The monoisotopic (exact) mass is 216 g/mol. The Morgan fingerprint density at radius 1 is 1.29 bits per heavy atom. The Balaban J connectivity index is 2.12. The van der Waals surface area contributed by atoms with Crippen LogP contribution in [0, 0.1) is 0 Å². The molecule has 1 rings (SSSR count). The largest absolute Gasteiger partial charge is 0.396 e. The van der Waals surface area contributed by atoms with Crippen LogP contribution in [0.4, 0.5) is 0 Å². The van der Waals surface area contributed by atoms with Crippen molar-refractivity contribution in [1.82, 2.24) is 9.55 Å². The number of hydrogen-bond donors (Lipinski definition) is 2. The summed E-state index contributed by atoms with van der Waals surface area (Å²) in [6.45, 7) is 1.22. The summed E-state index contributed by atoms with van der Waals surface area (Å²) in [5, 5.41) is 9.21. The summed E-state index contributed by atoms with van der Waals surface area (Å²) in [6, 6.07) is 0. The molecule has 0 bridgehead atoms. The first-order valence-electron chi connectivity index (χ1n) is 4.81. The van der Waals surface area contributed by atoms with Gasteiger partial charge in [0, 0.05) is 31.4 Å². The molecular formula is C9H16N2O2S. The van der Waals surface area contributed by atoms with Gasteiger partial charge in [0.25, 0.3) is 0 Å². The molecule has 0 aromatic carbocycles. The van der Waals surface area contributed by atoms with Crippen molar-refractivity contribution in [3.05, 3.63) is 12.5 Å². The predicted molar refractivity (Wildman–Crippen MR) is 56.3 cm³/mol. The Morgan fingerprint density at radius 3 is 2.71 bits per heavy atom. The lowest BCUT2D eigenvalue weighted by atomic mass is 10.2. The first-order valence-corrected chi connectivity index (χ1v) is 5.58. The van der Waals surface area contributed by atoms with Crippen LogP contribution in [0.5, 0.6) is 0 Å². The fraction of sp³-hybridized carbons (Fsp3) is 0.667. The van der Waals surface area contributed by atoms with Gasteiger partial charge in [0.1, 0.15) is 5.03 Å². The SMILES string of the molecule is OCCCCCCn1cnc(SO)c1. The third-order valence-corrected chi connectivity index (χ3v) is 2.43. The molecule has 1 aromatic heterocycles. The van der Waals surface area contributed by atoms with Gasteiger partial charge in [-0.05, 0) is 12.8 Å². The highest BCUT2D eigenvalue weighted by atomic mass is 32.2. The quantitative estimate of drug-likeness (QED) is 0.540. The van der Waals surface area contributed by atoms with E-state index in [9.17, 15) is 0 Å². The van der Waals surface area contributed by atoms with Crippen molar-refractivity contribution >= 4 is 12.0 Å². The van der Waals surface area contributed by atoms with Crippen LogP contribution in [-0.2, 0) is 6.54 Å². The summed E-state index contributed by atoms with van der Waals surface area (Å²) in [4.78, 5) is 3.99. The summed E-state index contributed by atoms with van der Waals surface area (Å²) >= 11 is 0.672. The van der Waals surface area contributed by atoms with Crippen molar-refractivity contribution < 1.29 is 9.66 Å². The minimum Gasteiger partial charge on any atom is -0.396 e. The fourth-order valence-electron chi connectivity index (χ4n) is 1.27. The number of unbranched alkanes of at least 4 members (excludes halogenated alkanes) is 3. The minimum atomic E-state index is 0.288. The van der Waals surface area contributed by atoms with E-state index in [1.54, 1.807) is 6.33 Å². The van der Waals surface area contributed by atoms with E-state index in [0.717, 1.165) is 32.2 Å². The highest BCUT2D eigenvalue weighted by molar-refractivity contribution is 7.93. The van der Waals surface area contributed by atoms with Crippen LogP contribution in [0.2, 0.25) is 0 Å². The summed E-state index contributed by atoms with van der Waals surface area (Å²) in [7, 11) is 0. The number of aryl methyl sites for hydroxylation is 1. The third-order valence-electron chi connectivity index (χ3n) is 2.03. The van der Waals surface area contributed by atoms with Gasteiger partial charge in [0.2, 0.25) is 0 Å². The van der Waals surface area contributed by atoms with Gasteiger partial charge in [-0.2, -0.15) is 0 Å². The standard InChI is InChI=1S/C9H16N2O2S/c12-6-4-2-1-3-5-11-7-9(14-13)10-8-11/h7-8,12-13H,1-6H2. The molecule has 0 aliphatic heterocycles. The van der Waals surface area contributed by atoms with Crippen LogP contribution in [0.3, 0.4) is 0 Å². The lowest BCUT2D eigenvalue weighted by Gasteiger charge is -2.00. The van der Waals surface area contributed by atoms with Gasteiger partial charge in [-0.1, -0.05) is 12.8 Å². The molecule has 0 aliphatic rings. The molecule has 0 spiro atoms. The maximum absolute atomic E-state index is 8.71. The van der Waals surface area contributed by atoms with Crippen molar-refractivity contribution in [1.29, 1.82) is 0 Å². The molecule has 1 heterocycles. The summed E-state index contributed by atoms with van der Waals surface area (Å²) < 4.78 is 10.7. The van der Waals surface area contributed by atoms with Crippen LogP contribution in [0.1, 0.15) is 25.7 Å². The molecule has 0 radical (unpaired) electrons. The second-order valence-electron chi connectivity index (χ2n) is 3.18. The molecule has 80 valence electrons. The molecule has 4 nitrogen and oxygen atoms in total. The molecule has 0 aliphatic carbocycles. The summed E-state index contributed by atoms with van der Waals surface area (Å²) in [5.74, 6) is 0. The number of rotatable bonds is 7. The van der Waals surface area contributed by atoms with Crippen molar-refractivity contribution in [2.45, 2.75) is 37.3 Å². The molecule has 0 saturated heterocycles. The lowest BCUT2D eigenvalue weighted by molar-refractivity contribution is 0.282. The Morgan fingerprint density at radius 2 is 2.07 bits per heavy atom. The summed E-state index contributed by atoms with van der Waals surface area (Å²) in [6.07, 6.45) is 7.74. The van der Waals surface area contributed by atoms with E-state index in [1.807, 2.05) is 10.8 Å². The minimum absolute atomic E-state index is 0.288. The maximum Gasteiger partial charge on any atom is 0.141 e. The Kier molecular flexibility index (Phi) is 5.66. The smallest absolute Gasteiger partial charge is 0.141 e. The van der Waals surface area contributed by atoms with Gasteiger partial charge < -0.3 is 14.2 Å². The lowest BCUT2D eigenvalue weighted by Crippen LogP contribution is -1.94. The van der Waals surface area contributed by atoms with Crippen molar-refractivity contribution in [3.63, 3.8) is 0 Å². The van der Waals surface area contributed by atoms with Crippen LogP contribution in [-0.4, -0.2) is 25.8 Å². The molecule has 5 heteroatoms. The molecule has 0 fully saturated rings. The van der Waals surface area contributed by atoms with Gasteiger partial charge in [-0.3, -0.25) is 0 Å². The highest BCUT2D eigenvalue weighted by Gasteiger charge is 1.97. The molecule has 0 saturated carbocycles. The molecule has 0 amide bonds. The number of aromatic nitrogens is 2. The predicted octanol–water partition coefficient (Wildman–Crippen LogP) is 2.00. The first kappa shape index (κ1) is 11.6. The number of imidazole rings is 1. The average molecular weight is 216 g/mol. The Labute approximate surface area is 88.2 Å². The van der Waals surface area contributed by atoms with Crippen LogP contribution < -0.4 is 0 Å².